The third-order valence-electron chi connectivity index (χ3n) is 3.16. The SMILES string of the molecule is CCCN(CCC)C(=O)c1cccc(C#CCN)c1C. The lowest BCUT2D eigenvalue weighted by Gasteiger charge is -2.22. The first-order valence-electron chi connectivity index (χ1n) is 7.23. The van der Waals surface area contributed by atoms with E-state index in [1.54, 1.807) is 0 Å². The summed E-state index contributed by atoms with van der Waals surface area (Å²) in [4.78, 5) is 14.5. The molecule has 0 bridgehead atoms. The van der Waals surface area contributed by atoms with Crippen LogP contribution in [0, 0.1) is 18.8 Å². The number of hydrogen-bond acceptors (Lipinski definition) is 2. The molecular formula is C17H24N2O. The van der Waals surface area contributed by atoms with Crippen LogP contribution < -0.4 is 5.73 Å². The van der Waals surface area contributed by atoms with Gasteiger partial charge < -0.3 is 10.6 Å². The van der Waals surface area contributed by atoms with E-state index >= 15 is 0 Å². The van der Waals surface area contributed by atoms with Crippen LogP contribution in [0.2, 0.25) is 0 Å². The zero-order valence-corrected chi connectivity index (χ0v) is 12.7. The topological polar surface area (TPSA) is 46.3 Å². The van der Waals surface area contributed by atoms with Crippen molar-refractivity contribution in [2.75, 3.05) is 19.6 Å². The lowest BCUT2D eigenvalue weighted by molar-refractivity contribution is 0.0755. The summed E-state index contributed by atoms with van der Waals surface area (Å²) < 4.78 is 0. The quantitative estimate of drug-likeness (QED) is 0.837. The van der Waals surface area contributed by atoms with E-state index < -0.39 is 0 Å². The minimum Gasteiger partial charge on any atom is -0.339 e. The molecule has 3 nitrogen and oxygen atoms in total. The van der Waals surface area contributed by atoms with Crippen LogP contribution in [0.3, 0.4) is 0 Å². The molecule has 20 heavy (non-hydrogen) atoms. The molecule has 1 amide bonds. The smallest absolute Gasteiger partial charge is 0.254 e. The Morgan fingerprint density at radius 2 is 1.90 bits per heavy atom. The van der Waals surface area contributed by atoms with Gasteiger partial charge in [-0.2, -0.15) is 0 Å². The van der Waals surface area contributed by atoms with Gasteiger partial charge in [0.1, 0.15) is 0 Å². The van der Waals surface area contributed by atoms with Crippen LogP contribution in [-0.4, -0.2) is 30.4 Å². The van der Waals surface area contributed by atoms with E-state index in [4.69, 9.17) is 5.73 Å². The van der Waals surface area contributed by atoms with Gasteiger partial charge in [-0.25, -0.2) is 0 Å². The van der Waals surface area contributed by atoms with Crippen molar-refractivity contribution in [3.63, 3.8) is 0 Å². The van der Waals surface area contributed by atoms with Gasteiger partial charge in [-0.15, -0.1) is 0 Å². The van der Waals surface area contributed by atoms with Gasteiger partial charge in [-0.05, 0) is 37.5 Å². The van der Waals surface area contributed by atoms with Crippen molar-refractivity contribution in [2.45, 2.75) is 33.6 Å². The lowest BCUT2D eigenvalue weighted by Crippen LogP contribution is -2.33. The van der Waals surface area contributed by atoms with Crippen molar-refractivity contribution in [2.24, 2.45) is 5.73 Å². The molecule has 0 saturated heterocycles. The summed E-state index contributed by atoms with van der Waals surface area (Å²) in [5.74, 6) is 5.97. The Labute approximate surface area is 122 Å². The van der Waals surface area contributed by atoms with Gasteiger partial charge in [-0.3, -0.25) is 4.79 Å². The molecule has 0 radical (unpaired) electrons. The molecule has 1 aromatic rings. The molecule has 0 fully saturated rings. The highest BCUT2D eigenvalue weighted by molar-refractivity contribution is 5.96. The van der Waals surface area contributed by atoms with Gasteiger partial charge in [0.15, 0.2) is 0 Å². The highest BCUT2D eigenvalue weighted by Gasteiger charge is 2.17. The first kappa shape index (κ1) is 16.3. The van der Waals surface area contributed by atoms with E-state index in [2.05, 4.69) is 25.7 Å². The molecular weight excluding hydrogens is 248 g/mol. The minimum atomic E-state index is 0.0996. The molecule has 0 aliphatic heterocycles. The maximum absolute atomic E-state index is 12.6. The fourth-order valence-corrected chi connectivity index (χ4v) is 2.17. The van der Waals surface area contributed by atoms with Crippen LogP contribution in [0.4, 0.5) is 0 Å². The summed E-state index contributed by atoms with van der Waals surface area (Å²) >= 11 is 0. The van der Waals surface area contributed by atoms with Crippen molar-refractivity contribution in [1.82, 2.24) is 4.90 Å². The van der Waals surface area contributed by atoms with Crippen LogP contribution in [0.1, 0.15) is 48.2 Å². The zero-order valence-electron chi connectivity index (χ0n) is 12.7. The molecule has 0 unspecified atom stereocenters. The third kappa shape index (κ3) is 4.11. The van der Waals surface area contributed by atoms with Gasteiger partial charge >= 0.3 is 0 Å². The number of hydrogen-bond donors (Lipinski definition) is 1. The van der Waals surface area contributed by atoms with Crippen LogP contribution in [0.5, 0.6) is 0 Å². The Balaban J connectivity index is 3.08. The molecule has 0 atom stereocenters. The Morgan fingerprint density at radius 3 is 2.45 bits per heavy atom. The average Bonchev–Trinajstić information content (AvgIpc) is 2.45. The molecule has 0 aliphatic carbocycles. The molecule has 0 aromatic heterocycles. The summed E-state index contributed by atoms with van der Waals surface area (Å²) in [5, 5.41) is 0. The van der Waals surface area contributed by atoms with Gasteiger partial charge in [0.2, 0.25) is 0 Å². The first-order chi connectivity index (χ1) is 9.65. The number of carbonyl (C=O) groups is 1. The standard InChI is InChI=1S/C17H24N2O/c1-4-12-19(13-5-2)17(20)16-10-6-8-15(14(16)3)9-7-11-18/h6,8,10H,4-5,11-13,18H2,1-3H3. The van der Waals surface area contributed by atoms with Gasteiger partial charge in [-0.1, -0.05) is 31.8 Å². The second-order valence-electron chi connectivity index (χ2n) is 4.78. The minimum absolute atomic E-state index is 0.0996. The Bertz CT molecular complexity index is 505. The molecule has 0 spiro atoms. The van der Waals surface area contributed by atoms with E-state index in [0.29, 0.717) is 6.54 Å². The summed E-state index contributed by atoms with van der Waals surface area (Å²) in [5.41, 5.74) is 7.97. The number of nitrogens with two attached hydrogens (primary N) is 1. The van der Waals surface area contributed by atoms with Crippen LogP contribution in [0.15, 0.2) is 18.2 Å². The zero-order chi connectivity index (χ0) is 15.0. The number of rotatable bonds is 5. The van der Waals surface area contributed by atoms with Crippen molar-refractivity contribution < 1.29 is 4.79 Å². The number of amides is 1. The summed E-state index contributed by atoms with van der Waals surface area (Å²) in [6.07, 6.45) is 1.94. The number of nitrogens with zero attached hydrogens (tertiary/aromatic N) is 1. The molecule has 0 aliphatic rings. The molecule has 1 aromatic carbocycles. The number of benzene rings is 1. The predicted octanol–water partition coefficient (Wildman–Crippen LogP) is 2.57. The van der Waals surface area contributed by atoms with E-state index in [-0.39, 0.29) is 5.91 Å². The van der Waals surface area contributed by atoms with Gasteiger partial charge in [0.25, 0.3) is 5.91 Å². The predicted molar refractivity (Wildman–Crippen MR) is 83.6 cm³/mol. The van der Waals surface area contributed by atoms with Crippen LogP contribution in [-0.2, 0) is 0 Å². The van der Waals surface area contributed by atoms with Crippen molar-refractivity contribution in [1.29, 1.82) is 0 Å². The Morgan fingerprint density at radius 1 is 1.25 bits per heavy atom. The second-order valence-corrected chi connectivity index (χ2v) is 4.78. The Kier molecular flexibility index (Phi) is 6.83. The molecule has 0 saturated carbocycles. The van der Waals surface area contributed by atoms with E-state index in [1.807, 2.05) is 30.0 Å². The fraction of sp³-hybridized carbons (Fsp3) is 0.471. The normalized spacial score (nSPS) is 9.80. The largest absolute Gasteiger partial charge is 0.339 e. The highest BCUT2D eigenvalue weighted by Crippen LogP contribution is 2.16. The molecule has 3 heteroatoms. The van der Waals surface area contributed by atoms with Crippen molar-refractivity contribution in [3.05, 3.63) is 34.9 Å². The molecule has 2 N–H and O–H groups in total. The summed E-state index contributed by atoms with van der Waals surface area (Å²) in [7, 11) is 0. The molecule has 108 valence electrons. The lowest BCUT2D eigenvalue weighted by atomic mass is 10.0. The van der Waals surface area contributed by atoms with Gasteiger partial charge in [0, 0.05) is 24.2 Å². The summed E-state index contributed by atoms with van der Waals surface area (Å²) in [6.45, 7) is 8.05. The average molecular weight is 272 g/mol. The van der Waals surface area contributed by atoms with Crippen molar-refractivity contribution in [3.8, 4) is 11.8 Å². The molecule has 0 heterocycles. The molecule has 1 rings (SSSR count). The fourth-order valence-electron chi connectivity index (χ4n) is 2.17. The van der Waals surface area contributed by atoms with E-state index in [1.165, 1.54) is 0 Å². The second kappa shape index (κ2) is 8.39. The van der Waals surface area contributed by atoms with Crippen LogP contribution >= 0.6 is 0 Å². The van der Waals surface area contributed by atoms with Gasteiger partial charge in [0.05, 0.1) is 6.54 Å². The third-order valence-corrected chi connectivity index (χ3v) is 3.16. The highest BCUT2D eigenvalue weighted by atomic mass is 16.2. The van der Waals surface area contributed by atoms with E-state index in [9.17, 15) is 4.79 Å². The Hall–Kier alpha value is -1.79. The van der Waals surface area contributed by atoms with Crippen LogP contribution in [0.25, 0.3) is 0 Å². The van der Waals surface area contributed by atoms with Crippen molar-refractivity contribution >= 4 is 5.91 Å². The maximum atomic E-state index is 12.6. The van der Waals surface area contributed by atoms with E-state index in [0.717, 1.165) is 42.6 Å². The first-order valence-corrected chi connectivity index (χ1v) is 7.23. The monoisotopic (exact) mass is 272 g/mol. The number of carbonyl (C=O) groups excluding carboxylic acids is 1. The maximum Gasteiger partial charge on any atom is 0.254 e. The summed E-state index contributed by atoms with van der Waals surface area (Å²) in [6, 6.07) is 5.69.